The molecule has 0 fully saturated rings. The lowest BCUT2D eigenvalue weighted by Gasteiger charge is -2.18. The van der Waals surface area contributed by atoms with Crippen LogP contribution in [0.1, 0.15) is 13.8 Å². The highest BCUT2D eigenvalue weighted by molar-refractivity contribution is 8.27. The van der Waals surface area contributed by atoms with Crippen LogP contribution in [0.4, 0.5) is 0 Å². The molecule has 0 radical (unpaired) electrons. The van der Waals surface area contributed by atoms with Gasteiger partial charge in [0.1, 0.15) is 0 Å². The van der Waals surface area contributed by atoms with Crippen LogP contribution in [0.5, 0.6) is 0 Å². The molecule has 0 heterocycles. The summed E-state index contributed by atoms with van der Waals surface area (Å²) in [6, 6.07) is 0. The molecule has 0 aliphatic rings. The quantitative estimate of drug-likeness (QED) is 0.560. The van der Waals surface area contributed by atoms with Crippen LogP contribution >= 0.6 is 14.6 Å². The van der Waals surface area contributed by atoms with Gasteiger partial charge in [0.15, 0.2) is 0 Å². The van der Waals surface area contributed by atoms with Crippen LogP contribution in [0.25, 0.3) is 0 Å². The van der Waals surface area contributed by atoms with Crippen molar-refractivity contribution in [3.8, 4) is 6.26 Å². The van der Waals surface area contributed by atoms with E-state index in [2.05, 4.69) is 13.6 Å². The molecule has 0 saturated carbocycles. The fourth-order valence-electron chi connectivity index (χ4n) is 0.613. The van der Waals surface area contributed by atoms with Crippen LogP contribution in [0.2, 0.25) is 0 Å². The Morgan fingerprint density at radius 1 is 1.29 bits per heavy atom. The van der Waals surface area contributed by atoms with Gasteiger partial charge in [-0.1, -0.05) is 0 Å². The Bertz CT molecular complexity index is 300. The van der Waals surface area contributed by atoms with Crippen LogP contribution < -0.4 is 0 Å². The van der Waals surface area contributed by atoms with Gasteiger partial charge in [-0.05, 0) is 13.8 Å². The first-order valence-electron chi connectivity index (χ1n) is 3.73. The highest BCUT2D eigenvalue weighted by Gasteiger charge is 2.49. The Kier molecular flexibility index (Phi) is 5.35. The van der Waals surface area contributed by atoms with Crippen molar-refractivity contribution in [1.82, 2.24) is 0 Å². The van der Waals surface area contributed by atoms with Gasteiger partial charge in [-0.2, -0.15) is 0 Å². The number of hydrogen-bond donors (Lipinski definition) is 1. The molecule has 0 aromatic heterocycles. The molecular formula is C5H11NO6P2. The van der Waals surface area contributed by atoms with Gasteiger partial charge in [-0.25, -0.2) is 9.13 Å². The number of nitriles is 1. The first kappa shape index (κ1) is 13.6. The largest absolute Gasteiger partial charge is 0.496 e. The van der Waals surface area contributed by atoms with Crippen molar-refractivity contribution in [1.29, 1.82) is 5.26 Å². The molecule has 1 atom stereocenters. The molecule has 0 saturated heterocycles. The summed E-state index contributed by atoms with van der Waals surface area (Å²) in [5, 5.41) is 8.06. The minimum absolute atomic E-state index is 0.0867. The Labute approximate surface area is 81.5 Å². The van der Waals surface area contributed by atoms with Crippen molar-refractivity contribution < 1.29 is 27.6 Å². The summed E-state index contributed by atoms with van der Waals surface area (Å²) < 4.78 is 35.7. The van der Waals surface area contributed by atoms with Gasteiger partial charge >= 0.3 is 14.6 Å². The van der Waals surface area contributed by atoms with Gasteiger partial charge in [0, 0.05) is 0 Å². The maximum absolute atomic E-state index is 11.6. The van der Waals surface area contributed by atoms with E-state index in [1.165, 1.54) is 13.8 Å². The Morgan fingerprint density at radius 2 is 1.71 bits per heavy atom. The summed E-state index contributed by atoms with van der Waals surface area (Å²) in [6.07, 6.45) is 0.985. The highest BCUT2D eigenvalue weighted by Crippen LogP contribution is 2.80. The summed E-state index contributed by atoms with van der Waals surface area (Å²) in [6.45, 7) is 2.77. The van der Waals surface area contributed by atoms with Gasteiger partial charge in [-0.15, -0.1) is 5.26 Å². The third-order valence-corrected chi connectivity index (χ3v) is 5.96. The van der Waals surface area contributed by atoms with Crippen LogP contribution in [-0.2, 0) is 22.7 Å². The molecule has 0 aliphatic heterocycles. The van der Waals surface area contributed by atoms with Gasteiger partial charge in [0.2, 0.25) is 0 Å². The van der Waals surface area contributed by atoms with E-state index in [0.29, 0.717) is 0 Å². The third kappa shape index (κ3) is 3.09. The zero-order valence-corrected chi connectivity index (χ0v) is 9.53. The minimum atomic E-state index is -4.70. The number of nitrogens with zero attached hydrogens (tertiary/aromatic N) is 1. The smallest absolute Gasteiger partial charge is 0.341 e. The van der Waals surface area contributed by atoms with Crippen LogP contribution in [-0.4, -0.2) is 18.1 Å². The molecule has 0 amide bonds. The van der Waals surface area contributed by atoms with Crippen molar-refractivity contribution >= 4 is 14.6 Å². The maximum Gasteiger partial charge on any atom is 0.496 e. The molecule has 0 aromatic rings. The lowest BCUT2D eigenvalue weighted by molar-refractivity contribution is 0.222. The van der Waals surface area contributed by atoms with Gasteiger partial charge in [0.05, 0.1) is 13.2 Å². The van der Waals surface area contributed by atoms with E-state index in [1.54, 1.807) is 0 Å². The highest BCUT2D eigenvalue weighted by atomic mass is 32.1. The molecule has 0 aromatic carbocycles. The summed E-state index contributed by atoms with van der Waals surface area (Å²) in [7, 11) is -8.97. The number of rotatable bonds is 6. The lowest BCUT2D eigenvalue weighted by Crippen LogP contribution is -1.97. The molecule has 1 unspecified atom stereocenters. The summed E-state index contributed by atoms with van der Waals surface area (Å²) in [5.74, 6) is 0. The molecule has 0 bridgehead atoms. The molecule has 9 heteroatoms. The van der Waals surface area contributed by atoms with E-state index in [4.69, 9.17) is 10.2 Å². The molecule has 0 aliphatic carbocycles. The van der Waals surface area contributed by atoms with Gasteiger partial charge in [-0.3, -0.25) is 9.05 Å². The zero-order valence-electron chi connectivity index (χ0n) is 7.74. The first-order valence-corrected chi connectivity index (χ1v) is 7.56. The summed E-state index contributed by atoms with van der Waals surface area (Å²) >= 11 is 0. The average Bonchev–Trinajstić information content (AvgIpc) is 2.04. The molecule has 1 N–H and O–H groups in total. The zero-order chi connectivity index (χ0) is 11.2. The van der Waals surface area contributed by atoms with Crippen LogP contribution in [0, 0.1) is 11.5 Å². The molecule has 7 nitrogen and oxygen atoms in total. The van der Waals surface area contributed by atoms with E-state index in [1.807, 2.05) is 0 Å². The SMILES string of the molecule is CCOP(=O)(OCC)P(=O)(O)OC#N. The maximum atomic E-state index is 11.6. The lowest BCUT2D eigenvalue weighted by atomic mass is 10.9. The second kappa shape index (κ2) is 5.50. The summed E-state index contributed by atoms with van der Waals surface area (Å²) in [5.41, 5.74) is 0. The predicted octanol–water partition coefficient (Wildman–Crippen LogP) is 1.85. The molecule has 82 valence electrons. The first-order chi connectivity index (χ1) is 6.43. The fraction of sp³-hybridized carbons (Fsp3) is 0.800. The molecule has 0 rings (SSSR count). The topological polar surface area (TPSA) is 106 Å². The Balaban J connectivity index is 4.91. The van der Waals surface area contributed by atoms with Crippen molar-refractivity contribution in [2.24, 2.45) is 0 Å². The van der Waals surface area contributed by atoms with E-state index >= 15 is 0 Å². The molecule has 0 spiro atoms. The van der Waals surface area contributed by atoms with Gasteiger partial charge < -0.3 is 9.42 Å². The van der Waals surface area contributed by atoms with E-state index in [-0.39, 0.29) is 13.2 Å². The monoisotopic (exact) mass is 243 g/mol. The Hall–Kier alpha value is -0.370. The normalized spacial score (nSPS) is 15.6. The van der Waals surface area contributed by atoms with Crippen LogP contribution in [0.15, 0.2) is 0 Å². The van der Waals surface area contributed by atoms with Crippen molar-refractivity contribution in [2.45, 2.75) is 13.8 Å². The van der Waals surface area contributed by atoms with Crippen molar-refractivity contribution in [2.75, 3.05) is 13.2 Å². The predicted molar refractivity (Wildman–Crippen MR) is 47.4 cm³/mol. The molecular weight excluding hydrogens is 232 g/mol. The second-order valence-electron chi connectivity index (χ2n) is 1.98. The van der Waals surface area contributed by atoms with Gasteiger partial charge in [0.25, 0.3) is 6.26 Å². The van der Waals surface area contributed by atoms with Crippen LogP contribution in [0.3, 0.4) is 0 Å². The Morgan fingerprint density at radius 3 is 2.00 bits per heavy atom. The summed E-state index contributed by atoms with van der Waals surface area (Å²) in [4.78, 5) is 9.09. The molecule has 14 heavy (non-hydrogen) atoms. The third-order valence-electron chi connectivity index (χ3n) is 1.05. The van der Waals surface area contributed by atoms with Crippen molar-refractivity contribution in [3.05, 3.63) is 0 Å². The van der Waals surface area contributed by atoms with E-state index in [9.17, 15) is 9.13 Å². The van der Waals surface area contributed by atoms with Crippen molar-refractivity contribution in [3.63, 3.8) is 0 Å². The minimum Gasteiger partial charge on any atom is -0.341 e. The van der Waals surface area contributed by atoms with E-state index in [0.717, 1.165) is 6.26 Å². The number of hydrogen-bond acceptors (Lipinski definition) is 6. The standard InChI is InChI=1S/C5H11NO6P2/c1-3-10-14(9,11-4-2)13(7,8)12-5-6/h3-4H2,1-2H3,(H,7,8). The fourth-order valence-corrected chi connectivity index (χ4v) is 3.82. The van der Waals surface area contributed by atoms with E-state index < -0.39 is 14.6 Å². The average molecular weight is 243 g/mol. The second-order valence-corrected chi connectivity index (χ2v) is 7.58.